The molecule has 2 heterocycles. The predicted octanol–water partition coefficient (Wildman–Crippen LogP) is 2.21. The molecule has 2 aromatic carbocycles. The first kappa shape index (κ1) is 39.6. The van der Waals surface area contributed by atoms with Gasteiger partial charge in [0, 0.05) is 31.9 Å². The molecule has 0 spiro atoms. The second-order valence-corrected chi connectivity index (χ2v) is 13.4. The van der Waals surface area contributed by atoms with E-state index in [-0.39, 0.29) is 49.3 Å². The topological polar surface area (TPSA) is 190 Å². The van der Waals surface area contributed by atoms with Gasteiger partial charge in [-0.15, -0.1) is 0 Å². The monoisotopic (exact) mass is 733 g/mol. The fourth-order valence-electron chi connectivity index (χ4n) is 5.50. The number of hydrogen-bond acceptors (Lipinski definition) is 10. The molecule has 14 nitrogen and oxygen atoms in total. The second-order valence-electron chi connectivity index (χ2n) is 12.6. The molecule has 3 atom stereocenters. The maximum Gasteiger partial charge on any atom is 0.257 e. The van der Waals surface area contributed by atoms with Crippen molar-refractivity contribution in [1.29, 1.82) is 0 Å². The van der Waals surface area contributed by atoms with Crippen LogP contribution in [0.3, 0.4) is 0 Å². The van der Waals surface area contributed by atoms with Crippen LogP contribution in [0.4, 0.5) is 0 Å². The van der Waals surface area contributed by atoms with E-state index < -0.39 is 35.8 Å². The number of aryl methyl sites for hydroxylation is 1. The predicted molar refractivity (Wildman–Crippen MR) is 196 cm³/mol. The van der Waals surface area contributed by atoms with Crippen LogP contribution in [0.2, 0.25) is 0 Å². The van der Waals surface area contributed by atoms with Gasteiger partial charge in [-0.1, -0.05) is 62.0 Å². The maximum absolute atomic E-state index is 13.9. The number of carbonyl (C=O) groups excluding carboxylic acids is 5. The lowest BCUT2D eigenvalue weighted by Crippen LogP contribution is -2.58. The molecule has 1 aliphatic heterocycles. The van der Waals surface area contributed by atoms with Gasteiger partial charge >= 0.3 is 0 Å². The van der Waals surface area contributed by atoms with Crippen molar-refractivity contribution in [2.45, 2.75) is 69.2 Å². The minimum Gasteiger partial charge on any atom is -0.493 e. The highest BCUT2D eigenvalue weighted by Crippen LogP contribution is 2.28. The Morgan fingerprint density at radius 3 is 2.38 bits per heavy atom. The fourth-order valence-corrected chi connectivity index (χ4v) is 5.82. The van der Waals surface area contributed by atoms with Crippen LogP contribution < -0.4 is 36.1 Å². The summed E-state index contributed by atoms with van der Waals surface area (Å²) in [5.74, 6) is -1.85. The molecule has 1 aliphatic rings. The molecule has 3 aromatic rings. The Hall–Kier alpha value is -5.18. The molecule has 15 heteroatoms. The van der Waals surface area contributed by atoms with Gasteiger partial charge < -0.3 is 36.1 Å². The number of methoxy groups -OCH3 is 1. The summed E-state index contributed by atoms with van der Waals surface area (Å²) in [6.07, 6.45) is 6.32. The van der Waals surface area contributed by atoms with Crippen molar-refractivity contribution in [2.24, 2.45) is 5.92 Å². The Bertz CT molecular complexity index is 1670. The Labute approximate surface area is 308 Å². The summed E-state index contributed by atoms with van der Waals surface area (Å²) in [5, 5.41) is 14.6. The van der Waals surface area contributed by atoms with Gasteiger partial charge in [0.2, 0.25) is 17.7 Å². The molecule has 2 bridgehead atoms. The number of thioether (sulfide) groups is 1. The van der Waals surface area contributed by atoms with Gasteiger partial charge in [0.05, 0.1) is 12.7 Å². The van der Waals surface area contributed by atoms with Crippen molar-refractivity contribution in [3.63, 3.8) is 0 Å². The number of nitrogens with one attached hydrogen (secondary N) is 5. The number of fused-ring (bicyclic) bond motifs is 2. The van der Waals surface area contributed by atoms with Crippen LogP contribution >= 0.6 is 11.8 Å². The maximum atomic E-state index is 13.9. The molecule has 52 heavy (non-hydrogen) atoms. The molecule has 1 aromatic heterocycles. The molecular weight excluding hydrogens is 687 g/mol. The Kier molecular flexibility index (Phi) is 15.2. The summed E-state index contributed by atoms with van der Waals surface area (Å²) in [4.78, 5) is 75.5. The van der Waals surface area contributed by atoms with E-state index in [1.807, 2.05) is 56.5 Å². The average molecular weight is 734 g/mol. The van der Waals surface area contributed by atoms with Crippen LogP contribution in [-0.2, 0) is 32.0 Å². The van der Waals surface area contributed by atoms with E-state index in [9.17, 15) is 24.0 Å². The summed E-state index contributed by atoms with van der Waals surface area (Å²) in [5.41, 5.74) is 1.87. The average Bonchev–Trinajstić information content (AvgIpc) is 3.15. The van der Waals surface area contributed by atoms with Crippen LogP contribution in [0.1, 0.15) is 54.6 Å². The zero-order chi connectivity index (χ0) is 37.5. The van der Waals surface area contributed by atoms with Gasteiger partial charge in [0.25, 0.3) is 11.8 Å². The SMILES string of the molecule is COc1ccc2cc1OCC(=O)NCCC[C@H](NC(=O)c1cnc(SC)nc1)C(=O)N[C@@H](Cc1ccccc1)C(=O)N[C@H](C(C)C)C(=O)NCCC2. The smallest absolute Gasteiger partial charge is 0.257 e. The summed E-state index contributed by atoms with van der Waals surface area (Å²) in [6.45, 7) is 3.92. The van der Waals surface area contributed by atoms with E-state index in [4.69, 9.17) is 9.47 Å². The molecule has 278 valence electrons. The highest BCUT2D eigenvalue weighted by Gasteiger charge is 2.31. The first-order chi connectivity index (χ1) is 25.1. The van der Waals surface area contributed by atoms with Crippen molar-refractivity contribution in [1.82, 2.24) is 36.6 Å². The minimum atomic E-state index is -1.10. The molecule has 5 N–H and O–H groups in total. The van der Waals surface area contributed by atoms with Crippen molar-refractivity contribution in [3.05, 3.63) is 77.6 Å². The largest absolute Gasteiger partial charge is 0.493 e. The lowest BCUT2D eigenvalue weighted by Gasteiger charge is -2.27. The van der Waals surface area contributed by atoms with E-state index in [1.165, 1.54) is 31.3 Å². The number of aromatic nitrogens is 2. The van der Waals surface area contributed by atoms with E-state index in [1.54, 1.807) is 12.1 Å². The first-order valence-electron chi connectivity index (χ1n) is 17.2. The third-order valence-electron chi connectivity index (χ3n) is 8.38. The van der Waals surface area contributed by atoms with Gasteiger partial charge in [0.15, 0.2) is 23.3 Å². The Morgan fingerprint density at radius 1 is 0.962 bits per heavy atom. The summed E-state index contributed by atoms with van der Waals surface area (Å²) < 4.78 is 11.2. The van der Waals surface area contributed by atoms with Crippen molar-refractivity contribution in [2.75, 3.05) is 33.1 Å². The molecule has 0 aliphatic carbocycles. The number of amides is 5. The number of benzene rings is 2. The molecule has 5 amide bonds. The van der Waals surface area contributed by atoms with E-state index in [2.05, 4.69) is 36.6 Å². The first-order valence-corrected chi connectivity index (χ1v) is 18.5. The van der Waals surface area contributed by atoms with Crippen LogP contribution in [0.5, 0.6) is 11.5 Å². The third kappa shape index (κ3) is 12.0. The fraction of sp³-hybridized carbons (Fsp3) is 0.432. The molecule has 0 saturated carbocycles. The molecular formula is C37H47N7O7S. The van der Waals surface area contributed by atoms with Crippen LogP contribution in [0, 0.1) is 5.92 Å². The zero-order valence-electron chi connectivity index (χ0n) is 29.9. The van der Waals surface area contributed by atoms with Crippen molar-refractivity contribution in [3.8, 4) is 11.5 Å². The lowest BCUT2D eigenvalue weighted by atomic mass is 10.00. The second kappa shape index (κ2) is 20.0. The lowest BCUT2D eigenvalue weighted by molar-refractivity contribution is -0.133. The summed E-state index contributed by atoms with van der Waals surface area (Å²) in [7, 11) is 1.51. The Morgan fingerprint density at radius 2 is 1.69 bits per heavy atom. The molecule has 4 rings (SSSR count). The number of carbonyl (C=O) groups is 5. The third-order valence-corrected chi connectivity index (χ3v) is 8.95. The number of rotatable bonds is 7. The van der Waals surface area contributed by atoms with Crippen LogP contribution in [0.25, 0.3) is 0 Å². The standard InChI is InChI=1S/C37H47N7O7S/c1-23(2)32-36(49)39-17-8-12-25-14-15-29(50-3)30(19-25)51-22-31(45)38-16-9-13-27(42-33(46)26-20-40-37(52-4)41-21-26)34(47)43-28(35(48)44-32)18-24-10-6-5-7-11-24/h5-7,10-11,14-15,19-21,23,27-28,32H,8-9,12-13,16-18,22H2,1-4H3,(H,38,45)(H,39,49)(H,42,46)(H,43,47)(H,44,48)/t27-,28-,32+/m0/s1. The van der Waals surface area contributed by atoms with Crippen molar-refractivity contribution < 1.29 is 33.4 Å². The normalized spacial score (nSPS) is 19.8. The van der Waals surface area contributed by atoms with Gasteiger partial charge in [-0.3, -0.25) is 24.0 Å². The van der Waals surface area contributed by atoms with E-state index >= 15 is 0 Å². The van der Waals surface area contributed by atoms with Crippen LogP contribution in [-0.4, -0.2) is 90.7 Å². The molecule has 0 radical (unpaired) electrons. The number of nitrogens with zero attached hydrogens (tertiary/aromatic N) is 2. The quantitative estimate of drug-likeness (QED) is 0.178. The highest BCUT2D eigenvalue weighted by atomic mass is 32.2. The highest BCUT2D eigenvalue weighted by molar-refractivity contribution is 7.98. The zero-order valence-corrected chi connectivity index (χ0v) is 30.7. The van der Waals surface area contributed by atoms with Gasteiger partial charge in [0.1, 0.15) is 18.1 Å². The van der Waals surface area contributed by atoms with Gasteiger partial charge in [-0.05, 0) is 61.1 Å². The number of hydrogen-bond donors (Lipinski definition) is 5. The van der Waals surface area contributed by atoms with Crippen LogP contribution in [0.15, 0.2) is 66.1 Å². The van der Waals surface area contributed by atoms with Gasteiger partial charge in [-0.25, -0.2) is 9.97 Å². The van der Waals surface area contributed by atoms with E-state index in [0.29, 0.717) is 42.5 Å². The molecule has 0 fully saturated rings. The molecule has 0 saturated heterocycles. The summed E-state index contributed by atoms with van der Waals surface area (Å²) in [6, 6.07) is 11.6. The Balaban J connectivity index is 1.60. The van der Waals surface area contributed by atoms with E-state index in [0.717, 1.165) is 11.1 Å². The van der Waals surface area contributed by atoms with Crippen molar-refractivity contribution >= 4 is 41.3 Å². The molecule has 0 unspecified atom stereocenters. The number of ether oxygens (including phenoxy) is 2. The minimum absolute atomic E-state index is 0.120. The van der Waals surface area contributed by atoms with Gasteiger partial charge in [-0.2, -0.15) is 0 Å². The summed E-state index contributed by atoms with van der Waals surface area (Å²) >= 11 is 1.32.